The Labute approximate surface area is 94.1 Å². The van der Waals surface area contributed by atoms with E-state index in [1.807, 2.05) is 0 Å². The first-order chi connectivity index (χ1) is 7.27. The Morgan fingerprint density at radius 1 is 1.27 bits per heavy atom. The van der Waals surface area contributed by atoms with Crippen molar-refractivity contribution in [3.05, 3.63) is 0 Å². The molecule has 0 aromatic carbocycles. The number of unbranched alkanes of at least 4 members (excludes halogenated alkanes) is 1. The van der Waals surface area contributed by atoms with E-state index in [1.165, 1.54) is 38.8 Å². The van der Waals surface area contributed by atoms with E-state index >= 15 is 0 Å². The fraction of sp³-hybridized carbons (Fsp3) is 1.00. The molecule has 90 valence electrons. The molecule has 0 amide bonds. The third-order valence-electron chi connectivity index (χ3n) is 3.39. The Morgan fingerprint density at radius 3 is 2.47 bits per heavy atom. The third kappa shape index (κ3) is 4.49. The maximum atomic E-state index is 9.07. The summed E-state index contributed by atoms with van der Waals surface area (Å²) in [5.74, 6) is 0. The molecule has 0 aliphatic carbocycles. The summed E-state index contributed by atoms with van der Waals surface area (Å²) in [4.78, 5) is 4.88. The summed E-state index contributed by atoms with van der Waals surface area (Å²) in [5.41, 5.74) is 0. The minimum atomic E-state index is 0.302. The van der Waals surface area contributed by atoms with Crippen LogP contribution in [0.1, 0.15) is 32.6 Å². The molecule has 1 aliphatic rings. The molecular formula is C12H26N2O. The van der Waals surface area contributed by atoms with Gasteiger partial charge in [-0.05, 0) is 45.9 Å². The van der Waals surface area contributed by atoms with Crippen molar-refractivity contribution >= 4 is 0 Å². The average Bonchev–Trinajstić information content (AvgIpc) is 2.25. The highest BCUT2D eigenvalue weighted by Gasteiger charge is 2.21. The van der Waals surface area contributed by atoms with Crippen LogP contribution in [0.2, 0.25) is 0 Å². The number of hydrogen-bond acceptors (Lipinski definition) is 3. The molecule has 1 aliphatic heterocycles. The summed E-state index contributed by atoms with van der Waals surface area (Å²) >= 11 is 0. The van der Waals surface area contributed by atoms with Crippen LogP contribution in [0, 0.1) is 0 Å². The van der Waals surface area contributed by atoms with Gasteiger partial charge in [0.05, 0.1) is 6.61 Å². The molecule has 1 fully saturated rings. The van der Waals surface area contributed by atoms with Crippen LogP contribution in [0.25, 0.3) is 0 Å². The van der Waals surface area contributed by atoms with Crippen LogP contribution in [0.15, 0.2) is 0 Å². The molecule has 0 aromatic rings. The average molecular weight is 214 g/mol. The molecule has 1 heterocycles. The van der Waals surface area contributed by atoms with E-state index in [2.05, 4.69) is 23.8 Å². The molecule has 0 radical (unpaired) electrons. The predicted molar refractivity (Wildman–Crippen MR) is 64.1 cm³/mol. The molecule has 1 rings (SSSR count). The molecule has 1 saturated heterocycles. The van der Waals surface area contributed by atoms with E-state index in [1.54, 1.807) is 0 Å². The van der Waals surface area contributed by atoms with Gasteiger partial charge in [-0.25, -0.2) is 0 Å². The molecule has 0 bridgehead atoms. The van der Waals surface area contributed by atoms with E-state index < -0.39 is 0 Å². The summed E-state index contributed by atoms with van der Waals surface area (Å²) in [5, 5.41) is 9.07. The zero-order valence-corrected chi connectivity index (χ0v) is 10.3. The van der Waals surface area contributed by atoms with Gasteiger partial charge in [0.15, 0.2) is 0 Å². The van der Waals surface area contributed by atoms with E-state index in [0.29, 0.717) is 12.6 Å². The summed E-state index contributed by atoms with van der Waals surface area (Å²) in [6, 6.07) is 0.708. The molecule has 3 heteroatoms. The second kappa shape index (κ2) is 7.20. The lowest BCUT2D eigenvalue weighted by Crippen LogP contribution is -2.45. The Kier molecular flexibility index (Phi) is 6.22. The largest absolute Gasteiger partial charge is 0.395 e. The summed E-state index contributed by atoms with van der Waals surface area (Å²) in [6.07, 6.45) is 5.03. The molecule has 0 aromatic heterocycles. The minimum absolute atomic E-state index is 0.302. The van der Waals surface area contributed by atoms with Crippen LogP contribution < -0.4 is 0 Å². The first-order valence-electron chi connectivity index (χ1n) is 6.31. The highest BCUT2D eigenvalue weighted by molar-refractivity contribution is 4.78. The number of piperidine rings is 1. The fourth-order valence-corrected chi connectivity index (χ4v) is 2.33. The van der Waals surface area contributed by atoms with E-state index in [0.717, 1.165) is 13.1 Å². The summed E-state index contributed by atoms with van der Waals surface area (Å²) in [7, 11) is 2.19. The highest BCUT2D eigenvalue weighted by atomic mass is 16.3. The molecular weight excluding hydrogens is 188 g/mol. The smallest absolute Gasteiger partial charge is 0.0558 e. The quantitative estimate of drug-likeness (QED) is 0.719. The van der Waals surface area contributed by atoms with Gasteiger partial charge in [0.2, 0.25) is 0 Å². The maximum absolute atomic E-state index is 9.07. The zero-order valence-electron chi connectivity index (χ0n) is 10.3. The monoisotopic (exact) mass is 214 g/mol. The lowest BCUT2D eigenvalue weighted by Gasteiger charge is -2.37. The third-order valence-corrected chi connectivity index (χ3v) is 3.39. The van der Waals surface area contributed by atoms with Crippen molar-refractivity contribution in [1.29, 1.82) is 0 Å². The number of likely N-dealkylation sites (tertiary alicyclic amines) is 1. The number of nitrogens with zero attached hydrogens (tertiary/aromatic N) is 2. The van der Waals surface area contributed by atoms with Crippen molar-refractivity contribution in [1.82, 2.24) is 9.80 Å². The van der Waals surface area contributed by atoms with Crippen LogP contribution in [0.4, 0.5) is 0 Å². The highest BCUT2D eigenvalue weighted by Crippen LogP contribution is 2.15. The Bertz CT molecular complexity index is 156. The van der Waals surface area contributed by atoms with Gasteiger partial charge in [0.25, 0.3) is 0 Å². The second-order valence-electron chi connectivity index (χ2n) is 4.65. The Morgan fingerprint density at radius 2 is 1.93 bits per heavy atom. The normalized spacial score (nSPS) is 20.0. The first-order valence-corrected chi connectivity index (χ1v) is 6.31. The first kappa shape index (κ1) is 12.9. The molecule has 0 saturated carbocycles. The lowest BCUT2D eigenvalue weighted by molar-refractivity contribution is 0.0988. The van der Waals surface area contributed by atoms with Crippen molar-refractivity contribution in [2.45, 2.75) is 38.6 Å². The number of aliphatic hydroxyl groups is 1. The van der Waals surface area contributed by atoms with Crippen LogP contribution in [0.3, 0.4) is 0 Å². The number of hydrogen-bond donors (Lipinski definition) is 1. The van der Waals surface area contributed by atoms with Crippen LogP contribution in [-0.4, -0.2) is 60.8 Å². The van der Waals surface area contributed by atoms with Crippen molar-refractivity contribution in [3.8, 4) is 0 Å². The van der Waals surface area contributed by atoms with Gasteiger partial charge in [-0.1, -0.05) is 13.3 Å². The summed E-state index contributed by atoms with van der Waals surface area (Å²) < 4.78 is 0. The topological polar surface area (TPSA) is 26.7 Å². The second-order valence-corrected chi connectivity index (χ2v) is 4.65. The van der Waals surface area contributed by atoms with Gasteiger partial charge < -0.3 is 10.0 Å². The van der Waals surface area contributed by atoms with Gasteiger partial charge in [-0.15, -0.1) is 0 Å². The fourth-order valence-electron chi connectivity index (χ4n) is 2.33. The molecule has 15 heavy (non-hydrogen) atoms. The standard InChI is InChI=1S/C12H26N2O/c1-3-4-7-14(10-11-15)12-5-8-13(2)9-6-12/h12,15H,3-11H2,1-2H3. The van der Waals surface area contributed by atoms with E-state index in [9.17, 15) is 0 Å². The van der Waals surface area contributed by atoms with E-state index in [-0.39, 0.29) is 0 Å². The van der Waals surface area contributed by atoms with Crippen molar-refractivity contribution in [2.24, 2.45) is 0 Å². The predicted octanol–water partition coefficient (Wildman–Crippen LogP) is 1.18. The maximum Gasteiger partial charge on any atom is 0.0558 e. The molecule has 0 spiro atoms. The number of rotatable bonds is 6. The Hall–Kier alpha value is -0.120. The minimum Gasteiger partial charge on any atom is -0.395 e. The molecule has 0 atom stereocenters. The summed E-state index contributed by atoms with van der Waals surface area (Å²) in [6.45, 7) is 6.96. The van der Waals surface area contributed by atoms with Gasteiger partial charge in [0.1, 0.15) is 0 Å². The SMILES string of the molecule is CCCCN(CCO)C1CCN(C)CC1. The van der Waals surface area contributed by atoms with Crippen molar-refractivity contribution in [3.63, 3.8) is 0 Å². The van der Waals surface area contributed by atoms with Gasteiger partial charge in [0, 0.05) is 12.6 Å². The lowest BCUT2D eigenvalue weighted by atomic mass is 10.0. The van der Waals surface area contributed by atoms with E-state index in [4.69, 9.17) is 5.11 Å². The molecule has 3 nitrogen and oxygen atoms in total. The zero-order chi connectivity index (χ0) is 11.1. The van der Waals surface area contributed by atoms with Gasteiger partial charge in [-0.2, -0.15) is 0 Å². The van der Waals surface area contributed by atoms with Crippen LogP contribution >= 0.6 is 0 Å². The van der Waals surface area contributed by atoms with Gasteiger partial charge >= 0.3 is 0 Å². The number of aliphatic hydroxyl groups excluding tert-OH is 1. The van der Waals surface area contributed by atoms with Gasteiger partial charge in [-0.3, -0.25) is 4.90 Å². The molecule has 1 N–H and O–H groups in total. The van der Waals surface area contributed by atoms with Crippen LogP contribution in [0.5, 0.6) is 0 Å². The van der Waals surface area contributed by atoms with Crippen molar-refractivity contribution in [2.75, 3.05) is 39.8 Å². The van der Waals surface area contributed by atoms with Crippen LogP contribution in [-0.2, 0) is 0 Å². The van der Waals surface area contributed by atoms with Crippen molar-refractivity contribution < 1.29 is 5.11 Å². The Balaban J connectivity index is 2.33. The molecule has 0 unspecified atom stereocenters.